The molecule has 4 N–H and O–H groups in total. The van der Waals surface area contributed by atoms with Crippen molar-refractivity contribution in [2.24, 2.45) is 0 Å². The molecule has 0 bridgehead atoms. The maximum atomic E-state index is 12.9. The molecule has 0 saturated heterocycles. The van der Waals surface area contributed by atoms with Gasteiger partial charge in [0.25, 0.3) is 0 Å². The third-order valence-electron chi connectivity index (χ3n) is 7.43. The number of aliphatic hydroxyl groups is 4. The molecule has 0 saturated carbocycles. The first-order chi connectivity index (χ1) is 35.7. The second kappa shape index (κ2) is 46.2. The second-order valence-corrected chi connectivity index (χ2v) is 13.0. The number of esters is 8. The van der Waals surface area contributed by atoms with Crippen LogP contribution in [0.2, 0.25) is 0 Å². The fraction of sp³-hybridized carbons (Fsp3) is 0.581. The van der Waals surface area contributed by atoms with E-state index in [2.05, 4.69) is 21.4 Å². The van der Waals surface area contributed by atoms with Crippen LogP contribution in [-0.2, 0) is 129 Å². The van der Waals surface area contributed by atoms with E-state index in [-0.39, 0.29) is 119 Å². The standard InChI is InChI=1S/C43H60O31/c1-2-35(49)64-18-15-62-27-34(48)21-31(43(57)71-29-63-28-69-38(52)25-32(41(55)67-19-13-60-9-5-46)23-36(50)65-16-11-58-7-3-44)22-39(53)70-30-72-74-73-40(54)26-33(42(56)68-20-14-61-10-6-47)24-37(51)66-17-12-59-8-4-45/h2,21,25-26,44-47H,1,3-20,22-24,27-30H2. The molecule has 0 amide bonds. The van der Waals surface area contributed by atoms with Crippen molar-refractivity contribution < 1.29 is 150 Å². The van der Waals surface area contributed by atoms with Crippen molar-refractivity contribution in [2.45, 2.75) is 19.3 Å². The molecule has 0 unspecified atom stereocenters. The molecule has 0 spiro atoms. The highest BCUT2D eigenvalue weighted by Crippen LogP contribution is 2.11. The Morgan fingerprint density at radius 2 is 0.770 bits per heavy atom. The Morgan fingerprint density at radius 3 is 1.26 bits per heavy atom. The first-order valence-corrected chi connectivity index (χ1v) is 21.7. The van der Waals surface area contributed by atoms with Gasteiger partial charge in [0.15, 0.2) is 19.4 Å². The van der Waals surface area contributed by atoms with Crippen LogP contribution in [0.4, 0.5) is 0 Å². The minimum Gasteiger partial charge on any atom is -0.463 e. The predicted octanol–water partition coefficient (Wildman–Crippen LogP) is -3.62. The Bertz CT molecular complexity index is 1820. The van der Waals surface area contributed by atoms with Gasteiger partial charge in [0.1, 0.15) is 39.6 Å². The summed E-state index contributed by atoms with van der Waals surface area (Å²) in [6.07, 6.45) is 0.0203. The summed E-state index contributed by atoms with van der Waals surface area (Å²) >= 11 is 0. The van der Waals surface area contributed by atoms with E-state index in [1.165, 1.54) is 0 Å². The zero-order chi connectivity index (χ0) is 55.0. The first kappa shape index (κ1) is 67.4. The van der Waals surface area contributed by atoms with E-state index in [4.69, 9.17) is 86.7 Å². The Morgan fingerprint density at radius 1 is 0.365 bits per heavy atom. The van der Waals surface area contributed by atoms with Gasteiger partial charge in [-0.15, -0.1) is 0 Å². The minimum atomic E-state index is -1.45. The summed E-state index contributed by atoms with van der Waals surface area (Å²) in [7, 11) is 0. The zero-order valence-electron chi connectivity index (χ0n) is 40.0. The highest BCUT2D eigenvalue weighted by molar-refractivity contribution is 6.03. The van der Waals surface area contributed by atoms with Crippen LogP contribution in [-0.4, -0.2) is 226 Å². The van der Waals surface area contributed by atoms with E-state index in [0.717, 1.165) is 6.08 Å². The summed E-state index contributed by atoms with van der Waals surface area (Å²) in [6.45, 7) is -4.03. The third-order valence-corrected chi connectivity index (χ3v) is 7.43. The van der Waals surface area contributed by atoms with Crippen LogP contribution in [0.5, 0.6) is 0 Å². The summed E-state index contributed by atoms with van der Waals surface area (Å²) in [5.74, 6) is -11.3. The van der Waals surface area contributed by atoms with E-state index in [1.807, 2.05) is 0 Å². The summed E-state index contributed by atoms with van der Waals surface area (Å²) in [5, 5.41) is 39.3. The monoisotopic (exact) mass is 1070 g/mol. The van der Waals surface area contributed by atoms with Gasteiger partial charge >= 0.3 is 53.7 Å². The minimum absolute atomic E-state index is 0.0203. The average Bonchev–Trinajstić information content (AvgIpc) is 3.37. The van der Waals surface area contributed by atoms with Gasteiger partial charge in [-0.3, -0.25) is 24.1 Å². The van der Waals surface area contributed by atoms with E-state index >= 15 is 0 Å². The smallest absolute Gasteiger partial charge is 0.369 e. The van der Waals surface area contributed by atoms with Crippen LogP contribution < -0.4 is 0 Å². The molecular formula is C43H60O31. The first-order valence-electron chi connectivity index (χ1n) is 21.7. The molecule has 0 atom stereocenters. The third kappa shape index (κ3) is 39.0. The summed E-state index contributed by atoms with van der Waals surface area (Å²) in [5.41, 5.74) is -1.78. The van der Waals surface area contributed by atoms with Crippen LogP contribution in [0, 0.1) is 0 Å². The molecule has 74 heavy (non-hydrogen) atoms. The molecular weight excluding hydrogens is 1010 g/mol. The van der Waals surface area contributed by atoms with Crippen LogP contribution in [0.25, 0.3) is 0 Å². The van der Waals surface area contributed by atoms with Gasteiger partial charge in [0, 0.05) is 18.2 Å². The van der Waals surface area contributed by atoms with E-state index in [0.29, 0.717) is 18.2 Å². The number of hydrogen-bond acceptors (Lipinski definition) is 31. The van der Waals surface area contributed by atoms with Crippen molar-refractivity contribution >= 4 is 59.5 Å². The molecule has 0 aromatic carbocycles. The molecule has 0 rings (SSSR count). The largest absolute Gasteiger partial charge is 0.463 e. The van der Waals surface area contributed by atoms with Gasteiger partial charge in [-0.2, -0.15) is 4.89 Å². The molecule has 0 aliphatic heterocycles. The summed E-state index contributed by atoms with van der Waals surface area (Å²) in [4.78, 5) is 133. The van der Waals surface area contributed by atoms with Gasteiger partial charge in [-0.25, -0.2) is 28.8 Å². The number of ether oxygens (including phenoxy) is 14. The van der Waals surface area contributed by atoms with Gasteiger partial charge < -0.3 is 86.7 Å². The molecule has 0 aromatic heterocycles. The maximum Gasteiger partial charge on any atom is 0.369 e. The zero-order valence-corrected chi connectivity index (χ0v) is 40.0. The quantitative estimate of drug-likeness (QED) is 0.00870. The van der Waals surface area contributed by atoms with Crippen molar-refractivity contribution in [3.8, 4) is 0 Å². The number of ketones is 1. The van der Waals surface area contributed by atoms with Gasteiger partial charge in [0.05, 0.1) is 122 Å². The van der Waals surface area contributed by atoms with Crippen LogP contribution in [0.3, 0.4) is 0 Å². The van der Waals surface area contributed by atoms with E-state index in [9.17, 15) is 47.9 Å². The highest BCUT2D eigenvalue weighted by Gasteiger charge is 2.22. The number of aliphatic hydroxyl groups excluding tert-OH is 4. The Labute approximate surface area is 421 Å². The second-order valence-electron chi connectivity index (χ2n) is 13.0. The molecule has 0 aliphatic carbocycles. The number of carbonyl (C=O) groups is 10. The molecule has 0 aliphatic rings. The summed E-state index contributed by atoms with van der Waals surface area (Å²) < 4.78 is 68.8. The molecule has 31 heteroatoms. The van der Waals surface area contributed by atoms with Crippen molar-refractivity contribution in [3.63, 3.8) is 0 Å². The average molecular weight is 1070 g/mol. The fourth-order valence-electron chi connectivity index (χ4n) is 4.34. The molecule has 0 radical (unpaired) electrons. The van der Waals surface area contributed by atoms with E-state index < -0.39 is 122 Å². The van der Waals surface area contributed by atoms with Crippen molar-refractivity contribution in [3.05, 3.63) is 47.6 Å². The summed E-state index contributed by atoms with van der Waals surface area (Å²) in [6, 6.07) is 0. The SMILES string of the molecule is C=CC(=O)OCCOCC(=O)C=C(CC(=O)OCOOOC(=O)C=C(CC(=O)OCCOCCO)C(=O)OCCOCCO)C(=O)OCOCOC(=O)C=C(CC(=O)OCCOCCO)C(=O)OCCOCCO. The van der Waals surface area contributed by atoms with Crippen LogP contribution >= 0.6 is 0 Å². The lowest BCUT2D eigenvalue weighted by Crippen LogP contribution is -2.20. The van der Waals surface area contributed by atoms with Crippen molar-refractivity contribution in [2.75, 3.05) is 146 Å². The van der Waals surface area contributed by atoms with Crippen LogP contribution in [0.15, 0.2) is 47.6 Å². The molecule has 0 heterocycles. The number of carbonyl (C=O) groups excluding carboxylic acids is 10. The Hall–Kier alpha value is -6.62. The lowest BCUT2D eigenvalue weighted by molar-refractivity contribution is -0.499. The Kier molecular flexibility index (Phi) is 42.1. The van der Waals surface area contributed by atoms with Crippen LogP contribution in [0.1, 0.15) is 19.3 Å². The topological polar surface area (TPSA) is 409 Å². The number of rotatable bonds is 46. The van der Waals surface area contributed by atoms with Gasteiger partial charge in [-0.05, 0) is 11.1 Å². The van der Waals surface area contributed by atoms with Crippen molar-refractivity contribution in [1.29, 1.82) is 0 Å². The lowest BCUT2D eigenvalue weighted by atomic mass is 10.1. The molecule has 0 aromatic rings. The Balaban J connectivity index is 5.58. The molecule has 0 fully saturated rings. The normalized spacial score (nSPS) is 11.4. The van der Waals surface area contributed by atoms with Gasteiger partial charge in [0.2, 0.25) is 6.79 Å². The van der Waals surface area contributed by atoms with E-state index in [1.54, 1.807) is 0 Å². The van der Waals surface area contributed by atoms with Crippen molar-refractivity contribution in [1.82, 2.24) is 0 Å². The molecule has 418 valence electrons. The lowest BCUT2D eigenvalue weighted by Gasteiger charge is -2.11. The van der Waals surface area contributed by atoms with Gasteiger partial charge in [-0.1, -0.05) is 6.58 Å². The fourth-order valence-corrected chi connectivity index (χ4v) is 4.34. The maximum absolute atomic E-state index is 12.9. The number of hydrogen-bond donors (Lipinski definition) is 4. The highest BCUT2D eigenvalue weighted by atomic mass is 17.5. The molecule has 31 nitrogen and oxygen atoms in total. The predicted molar refractivity (Wildman–Crippen MR) is 233 cm³/mol.